The molecule has 0 saturated heterocycles. The summed E-state index contributed by atoms with van der Waals surface area (Å²) in [5.41, 5.74) is 6.56. The van der Waals surface area contributed by atoms with Gasteiger partial charge in [-0.05, 0) is 23.6 Å². The highest BCUT2D eigenvalue weighted by Crippen LogP contribution is 2.23. The zero-order valence-electron chi connectivity index (χ0n) is 12.4. The normalized spacial score (nSPS) is 14.7. The Bertz CT molecular complexity index is 728. The Morgan fingerprint density at radius 1 is 1.27 bits per heavy atom. The van der Waals surface area contributed by atoms with Crippen molar-refractivity contribution in [2.45, 2.75) is 37.3 Å². The molecule has 0 spiro atoms. The van der Waals surface area contributed by atoms with E-state index in [9.17, 15) is 8.42 Å². The molecule has 2 atom stereocenters. The Hall–Kier alpha value is -1.44. The molecule has 1 aromatic heterocycles. The summed E-state index contributed by atoms with van der Waals surface area (Å²) in [5.74, 6) is 0.0287. The summed E-state index contributed by atoms with van der Waals surface area (Å²) < 4.78 is 29.9. The standard InChI is InChI=1S/C14H18ClN3O3S/c1-3-9(2)12(16)13-17-18-14(21-13)22(19,20)8-10-4-6-11(15)7-5-10/h4-7,9,12H,3,8,16H2,1-2H3. The Balaban J connectivity index is 2.20. The molecule has 22 heavy (non-hydrogen) atoms. The van der Waals surface area contributed by atoms with E-state index >= 15 is 0 Å². The van der Waals surface area contributed by atoms with Crippen LogP contribution in [0.15, 0.2) is 33.9 Å². The van der Waals surface area contributed by atoms with Crippen LogP contribution in [0, 0.1) is 5.92 Å². The molecule has 6 nitrogen and oxygen atoms in total. The van der Waals surface area contributed by atoms with Crippen molar-refractivity contribution in [1.29, 1.82) is 0 Å². The summed E-state index contributed by atoms with van der Waals surface area (Å²) in [6.45, 7) is 3.93. The molecular weight excluding hydrogens is 326 g/mol. The Labute approximate surface area is 134 Å². The van der Waals surface area contributed by atoms with Crippen LogP contribution < -0.4 is 5.73 Å². The van der Waals surface area contributed by atoms with Gasteiger partial charge >= 0.3 is 5.22 Å². The van der Waals surface area contributed by atoms with E-state index in [2.05, 4.69) is 10.2 Å². The van der Waals surface area contributed by atoms with Gasteiger partial charge in [-0.25, -0.2) is 8.42 Å². The lowest BCUT2D eigenvalue weighted by Gasteiger charge is -2.13. The highest BCUT2D eigenvalue weighted by atomic mass is 35.5. The highest BCUT2D eigenvalue weighted by molar-refractivity contribution is 7.90. The lowest BCUT2D eigenvalue weighted by molar-refractivity contribution is 0.327. The fraction of sp³-hybridized carbons (Fsp3) is 0.429. The van der Waals surface area contributed by atoms with E-state index in [-0.39, 0.29) is 17.6 Å². The SMILES string of the molecule is CCC(C)C(N)c1nnc(S(=O)(=O)Cc2ccc(Cl)cc2)o1. The van der Waals surface area contributed by atoms with E-state index < -0.39 is 21.1 Å². The fourth-order valence-corrected chi connectivity index (χ4v) is 3.10. The van der Waals surface area contributed by atoms with Gasteiger partial charge in [0.2, 0.25) is 15.7 Å². The van der Waals surface area contributed by atoms with Crippen LogP contribution in [0.5, 0.6) is 0 Å². The Morgan fingerprint density at radius 3 is 2.50 bits per heavy atom. The van der Waals surface area contributed by atoms with Gasteiger partial charge in [-0.1, -0.05) is 49.1 Å². The zero-order chi connectivity index (χ0) is 16.3. The monoisotopic (exact) mass is 343 g/mol. The summed E-state index contributed by atoms with van der Waals surface area (Å²) in [6.07, 6.45) is 0.830. The molecule has 2 N–H and O–H groups in total. The summed E-state index contributed by atoms with van der Waals surface area (Å²) in [5, 5.41) is 7.53. The number of hydrogen-bond donors (Lipinski definition) is 1. The number of rotatable bonds is 6. The van der Waals surface area contributed by atoms with Gasteiger partial charge in [0, 0.05) is 5.02 Å². The molecule has 2 aromatic rings. The van der Waals surface area contributed by atoms with Gasteiger partial charge in [0.1, 0.15) is 0 Å². The minimum absolute atomic E-state index is 0.118. The highest BCUT2D eigenvalue weighted by Gasteiger charge is 2.26. The van der Waals surface area contributed by atoms with Gasteiger partial charge in [0.25, 0.3) is 0 Å². The molecule has 1 heterocycles. The molecular formula is C14H18ClN3O3S. The van der Waals surface area contributed by atoms with Gasteiger partial charge in [0.15, 0.2) is 0 Å². The molecule has 0 bridgehead atoms. The summed E-state index contributed by atoms with van der Waals surface area (Å²) >= 11 is 5.78. The van der Waals surface area contributed by atoms with Crippen molar-refractivity contribution in [3.63, 3.8) is 0 Å². The summed E-state index contributed by atoms with van der Waals surface area (Å²) in [6, 6.07) is 6.07. The van der Waals surface area contributed by atoms with Crippen LogP contribution in [0.2, 0.25) is 5.02 Å². The van der Waals surface area contributed by atoms with Gasteiger partial charge in [-0.15, -0.1) is 5.10 Å². The Morgan fingerprint density at radius 2 is 1.91 bits per heavy atom. The number of halogens is 1. The predicted molar refractivity (Wildman–Crippen MR) is 83.0 cm³/mol. The molecule has 2 unspecified atom stereocenters. The molecule has 0 amide bonds. The van der Waals surface area contributed by atoms with Crippen LogP contribution in [-0.2, 0) is 15.6 Å². The third-order valence-electron chi connectivity index (χ3n) is 3.50. The van der Waals surface area contributed by atoms with Crippen LogP contribution in [0.4, 0.5) is 0 Å². The molecule has 1 aromatic carbocycles. The molecule has 2 rings (SSSR count). The van der Waals surface area contributed by atoms with Crippen LogP contribution in [0.1, 0.15) is 37.8 Å². The Kier molecular flexibility index (Phi) is 5.20. The quantitative estimate of drug-likeness (QED) is 0.865. The minimum atomic E-state index is -3.71. The van der Waals surface area contributed by atoms with Crippen LogP contribution in [0.3, 0.4) is 0 Å². The van der Waals surface area contributed by atoms with Crippen LogP contribution >= 0.6 is 11.6 Å². The number of sulfone groups is 1. The summed E-state index contributed by atoms with van der Waals surface area (Å²) in [4.78, 5) is 0. The van der Waals surface area contributed by atoms with Gasteiger partial charge in [-0.2, -0.15) is 0 Å². The van der Waals surface area contributed by atoms with Crippen LogP contribution in [0.25, 0.3) is 0 Å². The molecule has 0 radical (unpaired) electrons. The first-order chi connectivity index (χ1) is 10.3. The van der Waals surface area contributed by atoms with E-state index in [1.165, 1.54) is 0 Å². The lowest BCUT2D eigenvalue weighted by atomic mass is 10.0. The first-order valence-corrected chi connectivity index (χ1v) is 8.92. The van der Waals surface area contributed by atoms with Crippen molar-refractivity contribution in [1.82, 2.24) is 10.2 Å². The van der Waals surface area contributed by atoms with Crippen molar-refractivity contribution in [3.05, 3.63) is 40.7 Å². The first kappa shape index (κ1) is 16.9. The number of hydrogen-bond acceptors (Lipinski definition) is 6. The number of benzene rings is 1. The second-order valence-electron chi connectivity index (χ2n) is 5.20. The van der Waals surface area contributed by atoms with E-state index in [0.29, 0.717) is 10.6 Å². The molecule has 120 valence electrons. The van der Waals surface area contributed by atoms with Crippen molar-refractivity contribution < 1.29 is 12.8 Å². The van der Waals surface area contributed by atoms with E-state index in [1.807, 2.05) is 13.8 Å². The number of aromatic nitrogens is 2. The van der Waals surface area contributed by atoms with Crippen LogP contribution in [-0.4, -0.2) is 18.6 Å². The van der Waals surface area contributed by atoms with E-state index in [1.54, 1.807) is 24.3 Å². The first-order valence-electron chi connectivity index (χ1n) is 6.89. The van der Waals surface area contributed by atoms with Crippen molar-refractivity contribution in [2.75, 3.05) is 0 Å². The maximum absolute atomic E-state index is 12.3. The van der Waals surface area contributed by atoms with E-state index in [4.69, 9.17) is 21.8 Å². The minimum Gasteiger partial charge on any atom is -0.411 e. The largest absolute Gasteiger partial charge is 0.411 e. The average molecular weight is 344 g/mol. The van der Waals surface area contributed by atoms with E-state index in [0.717, 1.165) is 6.42 Å². The number of nitrogens with two attached hydrogens (primary N) is 1. The number of nitrogens with zero attached hydrogens (tertiary/aromatic N) is 2. The molecule has 0 aliphatic rings. The molecule has 0 saturated carbocycles. The second kappa shape index (κ2) is 6.76. The lowest BCUT2D eigenvalue weighted by Crippen LogP contribution is -2.18. The topological polar surface area (TPSA) is 99.1 Å². The maximum Gasteiger partial charge on any atom is 0.335 e. The van der Waals surface area contributed by atoms with Crippen molar-refractivity contribution >= 4 is 21.4 Å². The average Bonchev–Trinajstić information content (AvgIpc) is 2.98. The van der Waals surface area contributed by atoms with Gasteiger partial charge in [0.05, 0.1) is 11.8 Å². The van der Waals surface area contributed by atoms with Crippen molar-refractivity contribution in [3.8, 4) is 0 Å². The smallest absolute Gasteiger partial charge is 0.335 e. The van der Waals surface area contributed by atoms with Gasteiger partial charge in [-0.3, -0.25) is 0 Å². The predicted octanol–water partition coefficient (Wildman–Crippen LogP) is 2.74. The molecule has 0 fully saturated rings. The molecule has 0 aliphatic carbocycles. The molecule has 8 heteroatoms. The summed E-state index contributed by atoms with van der Waals surface area (Å²) in [7, 11) is -3.71. The zero-order valence-corrected chi connectivity index (χ0v) is 13.9. The third kappa shape index (κ3) is 3.85. The van der Waals surface area contributed by atoms with Crippen molar-refractivity contribution in [2.24, 2.45) is 11.7 Å². The van der Waals surface area contributed by atoms with Gasteiger partial charge < -0.3 is 10.2 Å². The third-order valence-corrected chi connectivity index (χ3v) is 5.16. The fourth-order valence-electron chi connectivity index (χ4n) is 1.84. The maximum atomic E-state index is 12.3. The molecule has 0 aliphatic heterocycles. The second-order valence-corrected chi connectivity index (χ2v) is 7.51.